The number of carboxylic acid groups (broad SMARTS) is 1. The van der Waals surface area contributed by atoms with Crippen LogP contribution in [0.1, 0.15) is 67.6 Å². The molecule has 0 aromatic rings. The Bertz CT molecular complexity index is 171. The zero-order valence-electron chi connectivity index (χ0n) is 12.5. The van der Waals surface area contributed by atoms with Gasteiger partial charge in [-0.1, -0.05) is 58.3 Å². The van der Waals surface area contributed by atoms with Crippen molar-refractivity contribution in [3.63, 3.8) is 0 Å². The van der Waals surface area contributed by atoms with Gasteiger partial charge in [-0.25, -0.2) is 4.79 Å². The molecule has 0 bridgehead atoms. The van der Waals surface area contributed by atoms with Gasteiger partial charge in [0.15, 0.2) is 6.10 Å². The van der Waals surface area contributed by atoms with Crippen LogP contribution in [0.2, 0.25) is 0 Å². The fraction of sp³-hybridized carbons (Fsp3) is 0.917. The van der Waals surface area contributed by atoms with Gasteiger partial charge in [0.25, 0.3) is 0 Å². The van der Waals surface area contributed by atoms with Crippen LogP contribution < -0.4 is 0 Å². The number of carboxylic acids is 1. The minimum absolute atomic E-state index is 0. The van der Waals surface area contributed by atoms with Gasteiger partial charge in [0.05, 0.1) is 0 Å². The molecule has 4 heteroatoms. The van der Waals surface area contributed by atoms with Crippen LogP contribution in [0.3, 0.4) is 0 Å². The van der Waals surface area contributed by atoms with Crippen molar-refractivity contribution in [1.82, 2.24) is 0 Å². The third kappa shape index (κ3) is 12.3. The summed E-state index contributed by atoms with van der Waals surface area (Å²) in [7, 11) is 0. The Balaban J connectivity index is -0.000000327. The first-order valence-corrected chi connectivity index (χ1v) is 6.09. The molecule has 0 aliphatic carbocycles. The van der Waals surface area contributed by atoms with E-state index in [1.54, 1.807) is 0 Å². The van der Waals surface area contributed by atoms with Crippen LogP contribution in [0.25, 0.3) is 0 Å². The van der Waals surface area contributed by atoms with Crippen LogP contribution in [-0.4, -0.2) is 45.3 Å². The molecule has 0 rings (SSSR count). The Morgan fingerprint density at radius 1 is 1.06 bits per heavy atom. The van der Waals surface area contributed by atoms with Crippen molar-refractivity contribution in [2.24, 2.45) is 0 Å². The Hall–Kier alpha value is 0.196. The molecule has 0 spiro atoms. The fourth-order valence-electron chi connectivity index (χ4n) is 1.60. The quantitative estimate of drug-likeness (QED) is 0.457. The molecule has 1 atom stereocenters. The van der Waals surface area contributed by atoms with E-state index in [0.717, 1.165) is 19.3 Å². The summed E-state index contributed by atoms with van der Waals surface area (Å²) in [4.78, 5) is 10.3. The number of unbranched alkanes of at least 4 members (excludes halogenated alkanes) is 7. The van der Waals surface area contributed by atoms with E-state index in [0.29, 0.717) is 6.42 Å². The zero-order valence-corrected chi connectivity index (χ0v) is 11.9. The minimum Gasteiger partial charge on any atom is -1.00 e. The van der Waals surface area contributed by atoms with Crippen LogP contribution >= 0.6 is 0 Å². The molecule has 0 saturated carbocycles. The molecular formula is C12H26MgO3. The number of aliphatic carboxylic acids is 1. The van der Waals surface area contributed by atoms with E-state index in [9.17, 15) is 4.79 Å². The van der Waals surface area contributed by atoms with Gasteiger partial charge >= 0.3 is 29.0 Å². The Morgan fingerprint density at radius 2 is 1.50 bits per heavy atom. The van der Waals surface area contributed by atoms with Crippen LogP contribution in [0.15, 0.2) is 0 Å². The van der Waals surface area contributed by atoms with E-state index in [4.69, 9.17) is 10.2 Å². The predicted octanol–water partition coefficient (Wildman–Crippen LogP) is 2.81. The number of hydrogen-bond acceptors (Lipinski definition) is 2. The molecule has 16 heavy (non-hydrogen) atoms. The number of aliphatic hydroxyl groups is 1. The largest absolute Gasteiger partial charge is 2.00 e. The van der Waals surface area contributed by atoms with Gasteiger partial charge in [-0.3, -0.25) is 0 Å². The molecular weight excluding hydrogens is 216 g/mol. The normalized spacial score (nSPS) is 11.9. The second-order valence-corrected chi connectivity index (χ2v) is 4.12. The second kappa shape index (κ2) is 13.3. The molecule has 0 heterocycles. The van der Waals surface area contributed by atoms with E-state index in [1.165, 1.54) is 32.1 Å². The van der Waals surface area contributed by atoms with Gasteiger partial charge in [0.2, 0.25) is 0 Å². The van der Waals surface area contributed by atoms with Crippen LogP contribution in [0.5, 0.6) is 0 Å². The molecule has 0 radical (unpaired) electrons. The standard InChI is InChI=1S/C12H24O3.Mg.2H/c1-2-3-4-5-6-7-8-9-10-11(13)12(14)15;;;/h11,13H,2-10H2,1H3,(H,14,15);;;/q;+2;2*-1. The number of aliphatic hydroxyl groups excluding tert-OH is 1. The number of carbonyl (C=O) groups is 1. The maximum Gasteiger partial charge on any atom is 2.00 e. The molecule has 3 nitrogen and oxygen atoms in total. The van der Waals surface area contributed by atoms with E-state index >= 15 is 0 Å². The van der Waals surface area contributed by atoms with E-state index in [1.807, 2.05) is 0 Å². The molecule has 94 valence electrons. The third-order valence-corrected chi connectivity index (χ3v) is 2.62. The van der Waals surface area contributed by atoms with E-state index in [2.05, 4.69) is 6.92 Å². The third-order valence-electron chi connectivity index (χ3n) is 2.62. The molecule has 0 aliphatic heterocycles. The summed E-state index contributed by atoms with van der Waals surface area (Å²) < 4.78 is 0. The summed E-state index contributed by atoms with van der Waals surface area (Å²) in [6, 6.07) is 0. The first kappa shape index (κ1) is 18.6. The maximum absolute atomic E-state index is 10.3. The fourth-order valence-corrected chi connectivity index (χ4v) is 1.60. The minimum atomic E-state index is -1.16. The van der Waals surface area contributed by atoms with Crippen molar-refractivity contribution in [3.8, 4) is 0 Å². The zero-order chi connectivity index (χ0) is 11.5. The molecule has 0 aliphatic rings. The SMILES string of the molecule is CCCCCCCCCCC(O)C(=O)O.[H-].[H-].[Mg+2]. The van der Waals surface area contributed by atoms with Crippen molar-refractivity contribution in [1.29, 1.82) is 0 Å². The summed E-state index contributed by atoms with van der Waals surface area (Å²) in [6.45, 7) is 2.20. The molecule has 0 aromatic carbocycles. The first-order valence-electron chi connectivity index (χ1n) is 6.09. The van der Waals surface area contributed by atoms with Crippen molar-refractivity contribution >= 4 is 29.0 Å². The van der Waals surface area contributed by atoms with Gasteiger partial charge in [0, 0.05) is 0 Å². The van der Waals surface area contributed by atoms with Gasteiger partial charge < -0.3 is 13.1 Å². The average Bonchev–Trinajstić information content (AvgIpc) is 2.21. The maximum atomic E-state index is 10.3. The monoisotopic (exact) mass is 242 g/mol. The molecule has 2 N–H and O–H groups in total. The summed E-state index contributed by atoms with van der Waals surface area (Å²) in [6.07, 6.45) is 8.68. The van der Waals surface area contributed by atoms with Crippen LogP contribution in [-0.2, 0) is 4.79 Å². The number of rotatable bonds is 10. The summed E-state index contributed by atoms with van der Waals surface area (Å²) in [5.41, 5.74) is 0. The van der Waals surface area contributed by atoms with Crippen molar-refractivity contribution in [2.45, 2.75) is 70.8 Å². The van der Waals surface area contributed by atoms with Gasteiger partial charge in [-0.15, -0.1) is 0 Å². The van der Waals surface area contributed by atoms with Gasteiger partial charge in [0.1, 0.15) is 0 Å². The molecule has 1 unspecified atom stereocenters. The predicted molar refractivity (Wildman–Crippen MR) is 68.8 cm³/mol. The Kier molecular flexibility index (Phi) is 15.4. The van der Waals surface area contributed by atoms with Crippen molar-refractivity contribution in [3.05, 3.63) is 0 Å². The van der Waals surface area contributed by atoms with Crippen LogP contribution in [0.4, 0.5) is 0 Å². The van der Waals surface area contributed by atoms with Gasteiger partial charge in [-0.05, 0) is 6.42 Å². The first-order chi connectivity index (χ1) is 7.18. The van der Waals surface area contributed by atoms with Crippen LogP contribution in [0, 0.1) is 0 Å². The molecule has 0 fully saturated rings. The average molecular weight is 243 g/mol. The molecule has 0 saturated heterocycles. The van der Waals surface area contributed by atoms with Gasteiger partial charge in [-0.2, -0.15) is 0 Å². The van der Waals surface area contributed by atoms with E-state index < -0.39 is 12.1 Å². The van der Waals surface area contributed by atoms with Crippen molar-refractivity contribution in [2.75, 3.05) is 0 Å². The molecule has 0 amide bonds. The topological polar surface area (TPSA) is 57.5 Å². The second-order valence-electron chi connectivity index (χ2n) is 4.12. The molecule has 0 aromatic heterocycles. The summed E-state index contributed by atoms with van der Waals surface area (Å²) >= 11 is 0. The smallest absolute Gasteiger partial charge is 1.00 e. The van der Waals surface area contributed by atoms with Crippen molar-refractivity contribution < 1.29 is 17.9 Å². The Morgan fingerprint density at radius 3 is 1.94 bits per heavy atom. The summed E-state index contributed by atoms with van der Waals surface area (Å²) in [5.74, 6) is -1.10. The number of hydrogen-bond donors (Lipinski definition) is 2. The Labute approximate surface area is 118 Å². The van der Waals surface area contributed by atoms with E-state index in [-0.39, 0.29) is 25.9 Å². The summed E-state index contributed by atoms with van der Waals surface area (Å²) in [5, 5.41) is 17.4.